The largest absolute Gasteiger partial charge is 0.472 e. The summed E-state index contributed by atoms with van der Waals surface area (Å²) >= 11 is 0. The normalized spacial score (nSPS) is 14.6. The Labute approximate surface area is 161 Å². The van der Waals surface area contributed by atoms with Crippen LogP contribution in [0.1, 0.15) is 17.3 Å². The van der Waals surface area contributed by atoms with E-state index >= 15 is 0 Å². The van der Waals surface area contributed by atoms with Gasteiger partial charge < -0.3 is 14.2 Å². The average Bonchev–Trinajstić information content (AvgIpc) is 3.35. The van der Waals surface area contributed by atoms with Gasteiger partial charge in [0.25, 0.3) is 5.91 Å². The van der Waals surface area contributed by atoms with Crippen LogP contribution in [0.5, 0.6) is 0 Å². The van der Waals surface area contributed by atoms with Crippen LogP contribution in [-0.2, 0) is 17.9 Å². The fourth-order valence-corrected chi connectivity index (χ4v) is 3.69. The lowest BCUT2D eigenvalue weighted by Gasteiger charge is -2.34. The Morgan fingerprint density at radius 3 is 2.21 bits per heavy atom. The van der Waals surface area contributed by atoms with Crippen molar-refractivity contribution in [2.75, 3.05) is 26.2 Å². The van der Waals surface area contributed by atoms with Crippen LogP contribution in [-0.4, -0.2) is 56.9 Å². The molecule has 0 bridgehead atoms. The summed E-state index contributed by atoms with van der Waals surface area (Å²) in [4.78, 5) is 41.3. The molecular weight excluding hydrogens is 360 g/mol. The van der Waals surface area contributed by atoms with Crippen molar-refractivity contribution in [2.45, 2.75) is 20.0 Å². The van der Waals surface area contributed by atoms with Crippen molar-refractivity contribution in [2.24, 2.45) is 0 Å². The zero-order valence-corrected chi connectivity index (χ0v) is 15.7. The van der Waals surface area contributed by atoms with Gasteiger partial charge in [0.2, 0.25) is 5.91 Å². The van der Waals surface area contributed by atoms with Gasteiger partial charge in [-0.15, -0.1) is 0 Å². The van der Waals surface area contributed by atoms with Gasteiger partial charge in [0.05, 0.1) is 22.9 Å². The van der Waals surface area contributed by atoms with E-state index in [2.05, 4.69) is 0 Å². The SMILES string of the molecule is CCn1c(=O)n(CC(=O)N2CCN(C(=O)c3ccoc3)CC2)c2ccccc21. The maximum absolute atomic E-state index is 12.8. The summed E-state index contributed by atoms with van der Waals surface area (Å²) in [5.41, 5.74) is 1.93. The number of fused-ring (bicyclic) bond motifs is 1. The van der Waals surface area contributed by atoms with Crippen molar-refractivity contribution in [1.29, 1.82) is 0 Å². The second kappa shape index (κ2) is 7.38. The number of para-hydroxylation sites is 2. The Morgan fingerprint density at radius 1 is 0.964 bits per heavy atom. The van der Waals surface area contributed by atoms with Gasteiger partial charge in [0.1, 0.15) is 12.8 Å². The number of rotatable bonds is 4. The van der Waals surface area contributed by atoms with E-state index in [0.717, 1.165) is 11.0 Å². The van der Waals surface area contributed by atoms with Gasteiger partial charge in [-0.1, -0.05) is 12.1 Å². The number of hydrogen-bond acceptors (Lipinski definition) is 4. The monoisotopic (exact) mass is 382 g/mol. The van der Waals surface area contributed by atoms with Crippen molar-refractivity contribution >= 4 is 22.8 Å². The molecule has 146 valence electrons. The van der Waals surface area contributed by atoms with E-state index in [9.17, 15) is 14.4 Å². The van der Waals surface area contributed by atoms with Gasteiger partial charge >= 0.3 is 5.69 Å². The molecule has 1 aliphatic rings. The van der Waals surface area contributed by atoms with Crippen LogP contribution in [0.25, 0.3) is 11.0 Å². The average molecular weight is 382 g/mol. The molecule has 0 N–H and O–H groups in total. The van der Waals surface area contributed by atoms with Gasteiger partial charge in [-0.3, -0.25) is 18.7 Å². The first kappa shape index (κ1) is 18.1. The number of piperazine rings is 1. The zero-order chi connectivity index (χ0) is 19.7. The molecule has 1 saturated heterocycles. The van der Waals surface area contributed by atoms with E-state index in [0.29, 0.717) is 38.3 Å². The van der Waals surface area contributed by atoms with Crippen molar-refractivity contribution in [3.8, 4) is 0 Å². The molecule has 28 heavy (non-hydrogen) atoms. The molecule has 1 fully saturated rings. The first-order valence-electron chi connectivity index (χ1n) is 9.37. The number of furan rings is 1. The number of nitrogens with zero attached hydrogens (tertiary/aromatic N) is 4. The molecule has 0 radical (unpaired) electrons. The predicted molar refractivity (Wildman–Crippen MR) is 103 cm³/mol. The Balaban J connectivity index is 1.46. The maximum atomic E-state index is 12.8. The highest BCUT2D eigenvalue weighted by molar-refractivity contribution is 5.94. The molecule has 2 aromatic heterocycles. The minimum absolute atomic E-state index is 0.00201. The molecule has 3 aromatic rings. The molecule has 8 heteroatoms. The van der Waals surface area contributed by atoms with E-state index in [1.54, 1.807) is 20.4 Å². The first-order chi connectivity index (χ1) is 13.6. The lowest BCUT2D eigenvalue weighted by Crippen LogP contribution is -2.51. The lowest BCUT2D eigenvalue weighted by molar-refractivity contribution is -0.133. The summed E-state index contributed by atoms with van der Waals surface area (Å²) < 4.78 is 8.17. The van der Waals surface area contributed by atoms with Gasteiger partial charge in [-0.2, -0.15) is 0 Å². The van der Waals surface area contributed by atoms with Gasteiger partial charge in [0, 0.05) is 32.7 Å². The number of carbonyl (C=O) groups excluding carboxylic acids is 2. The van der Waals surface area contributed by atoms with Crippen molar-refractivity contribution in [3.05, 3.63) is 58.9 Å². The summed E-state index contributed by atoms with van der Waals surface area (Å²) in [6.45, 7) is 4.28. The molecular formula is C20H22N4O4. The van der Waals surface area contributed by atoms with Crippen molar-refractivity contribution < 1.29 is 14.0 Å². The van der Waals surface area contributed by atoms with E-state index in [1.165, 1.54) is 17.1 Å². The number of hydrogen-bond donors (Lipinski definition) is 0. The number of aryl methyl sites for hydroxylation is 1. The highest BCUT2D eigenvalue weighted by Crippen LogP contribution is 2.14. The highest BCUT2D eigenvalue weighted by atomic mass is 16.3. The lowest BCUT2D eigenvalue weighted by atomic mass is 10.2. The van der Waals surface area contributed by atoms with E-state index in [-0.39, 0.29) is 24.0 Å². The summed E-state index contributed by atoms with van der Waals surface area (Å²) in [7, 11) is 0. The molecule has 3 heterocycles. The molecule has 8 nitrogen and oxygen atoms in total. The molecule has 0 aliphatic carbocycles. The van der Waals surface area contributed by atoms with E-state index < -0.39 is 0 Å². The Morgan fingerprint density at radius 2 is 1.61 bits per heavy atom. The quantitative estimate of drug-likeness (QED) is 0.683. The van der Waals surface area contributed by atoms with Crippen LogP contribution in [0.15, 0.2) is 52.1 Å². The minimum atomic E-state index is -0.175. The third-order valence-corrected chi connectivity index (χ3v) is 5.22. The minimum Gasteiger partial charge on any atom is -0.472 e. The fourth-order valence-electron chi connectivity index (χ4n) is 3.69. The van der Waals surface area contributed by atoms with Gasteiger partial charge in [-0.25, -0.2) is 4.79 Å². The smallest absolute Gasteiger partial charge is 0.329 e. The summed E-state index contributed by atoms with van der Waals surface area (Å²) in [5.74, 6) is -0.209. The maximum Gasteiger partial charge on any atom is 0.329 e. The summed E-state index contributed by atoms with van der Waals surface area (Å²) in [6, 6.07) is 9.13. The number of imidazole rings is 1. The molecule has 1 aromatic carbocycles. The van der Waals surface area contributed by atoms with Crippen LogP contribution in [0.3, 0.4) is 0 Å². The summed E-state index contributed by atoms with van der Waals surface area (Å²) in [5, 5.41) is 0. The Bertz CT molecular complexity index is 1060. The number of aromatic nitrogens is 2. The molecule has 4 rings (SSSR count). The molecule has 2 amide bonds. The number of carbonyl (C=O) groups is 2. The molecule has 0 spiro atoms. The van der Waals surface area contributed by atoms with Crippen LogP contribution in [0, 0.1) is 0 Å². The topological polar surface area (TPSA) is 80.7 Å². The molecule has 1 aliphatic heterocycles. The number of benzene rings is 1. The van der Waals surface area contributed by atoms with E-state index in [4.69, 9.17) is 4.42 Å². The molecule has 0 atom stereocenters. The van der Waals surface area contributed by atoms with Gasteiger partial charge in [0.15, 0.2) is 0 Å². The first-order valence-corrected chi connectivity index (χ1v) is 9.37. The van der Waals surface area contributed by atoms with Crippen LogP contribution in [0.4, 0.5) is 0 Å². The number of amides is 2. The zero-order valence-electron chi connectivity index (χ0n) is 15.7. The van der Waals surface area contributed by atoms with Crippen molar-refractivity contribution in [3.63, 3.8) is 0 Å². The molecule has 0 unspecified atom stereocenters. The Kier molecular flexibility index (Phi) is 4.77. The molecule has 0 saturated carbocycles. The Hall–Kier alpha value is -3.29. The standard InChI is InChI=1S/C20H22N4O4/c1-2-23-16-5-3-4-6-17(16)24(20(23)27)13-18(25)21-8-10-22(11-9-21)19(26)15-7-12-28-14-15/h3-7,12,14H,2,8-11,13H2,1H3. The third kappa shape index (κ3) is 3.11. The second-order valence-electron chi connectivity index (χ2n) is 6.79. The van der Waals surface area contributed by atoms with Crippen LogP contribution in [0.2, 0.25) is 0 Å². The van der Waals surface area contributed by atoms with Crippen molar-refractivity contribution in [1.82, 2.24) is 18.9 Å². The van der Waals surface area contributed by atoms with Crippen LogP contribution >= 0.6 is 0 Å². The third-order valence-electron chi connectivity index (χ3n) is 5.22. The summed E-state index contributed by atoms with van der Waals surface area (Å²) in [6.07, 6.45) is 2.90. The van der Waals surface area contributed by atoms with Crippen LogP contribution < -0.4 is 5.69 Å². The van der Waals surface area contributed by atoms with Gasteiger partial charge in [-0.05, 0) is 25.1 Å². The van der Waals surface area contributed by atoms with E-state index in [1.807, 2.05) is 31.2 Å². The fraction of sp³-hybridized carbons (Fsp3) is 0.350. The predicted octanol–water partition coefficient (Wildman–Crippen LogP) is 1.40. The highest BCUT2D eigenvalue weighted by Gasteiger charge is 2.26. The second-order valence-corrected chi connectivity index (χ2v) is 6.79.